The van der Waals surface area contributed by atoms with Crippen LogP contribution in [0.2, 0.25) is 5.02 Å². The van der Waals surface area contributed by atoms with E-state index in [2.05, 4.69) is 10.4 Å². The summed E-state index contributed by atoms with van der Waals surface area (Å²) in [4.78, 5) is 12.3. The molecule has 1 atom stereocenters. The van der Waals surface area contributed by atoms with Gasteiger partial charge in [-0.05, 0) is 65.9 Å². The first-order valence-electron chi connectivity index (χ1n) is 9.45. The Kier molecular flexibility index (Phi) is 8.57. The van der Waals surface area contributed by atoms with Gasteiger partial charge in [0.15, 0.2) is 11.6 Å². The number of halogens is 4. The number of nitrogens with zero attached hydrogens (tertiary/aromatic N) is 2. The first-order valence-corrected chi connectivity index (χ1v) is 11.9. The van der Waals surface area contributed by atoms with Gasteiger partial charge in [-0.3, -0.25) is 4.21 Å². The van der Waals surface area contributed by atoms with Crippen LogP contribution in [0.25, 0.3) is 0 Å². The topological polar surface area (TPSA) is 94.1 Å². The molecule has 3 rings (SSSR count). The third-order valence-corrected chi connectivity index (χ3v) is 6.10. The highest BCUT2D eigenvalue weighted by molar-refractivity contribution is 14.1. The second-order valence-electron chi connectivity index (χ2n) is 6.83. The molecule has 0 aliphatic carbocycles. The van der Waals surface area contributed by atoms with Gasteiger partial charge in [0.25, 0.3) is 0 Å². The minimum absolute atomic E-state index is 0.177. The van der Waals surface area contributed by atoms with E-state index in [1.165, 1.54) is 12.1 Å². The highest BCUT2D eigenvalue weighted by Gasteiger charge is 2.23. The van der Waals surface area contributed by atoms with Crippen molar-refractivity contribution in [3.8, 4) is 0 Å². The van der Waals surface area contributed by atoms with Crippen LogP contribution >= 0.6 is 34.2 Å². The van der Waals surface area contributed by atoms with E-state index < -0.39 is 40.1 Å². The minimum Gasteiger partial charge on any atom is -0.754 e. The highest BCUT2D eigenvalue weighted by atomic mass is 127. The second kappa shape index (κ2) is 11.2. The van der Waals surface area contributed by atoms with Gasteiger partial charge in [0.2, 0.25) is 0 Å². The van der Waals surface area contributed by atoms with Gasteiger partial charge in [0, 0.05) is 9.13 Å². The first kappa shape index (κ1) is 26.0. The average molecular weight is 619 g/mol. The average Bonchev–Trinajstić information content (AvgIpc) is 2.80. The quantitative estimate of drug-likeness (QED) is 0.121. The molecule has 12 heteroatoms. The van der Waals surface area contributed by atoms with Crippen molar-refractivity contribution < 1.29 is 27.1 Å². The maximum Gasteiger partial charge on any atom is 0.340 e. The number of rotatable bonds is 7. The van der Waals surface area contributed by atoms with Crippen molar-refractivity contribution in [3.63, 3.8) is 0 Å². The number of carbonyl (C=O) groups is 1. The molecule has 1 N–H and O–H groups in total. The largest absolute Gasteiger partial charge is 0.754 e. The van der Waals surface area contributed by atoms with Crippen molar-refractivity contribution in [2.45, 2.75) is 6.92 Å². The Bertz CT molecular complexity index is 1290. The minimum atomic E-state index is -2.85. The molecule has 0 bridgehead atoms. The zero-order chi connectivity index (χ0) is 25.0. The summed E-state index contributed by atoms with van der Waals surface area (Å²) in [6.07, 6.45) is 0.794. The third-order valence-electron chi connectivity index (χ3n) is 4.53. The number of hydrazone groups is 1. The van der Waals surface area contributed by atoms with E-state index in [1.54, 1.807) is 30.3 Å². The number of carbonyl (C=O) groups excluding carboxylic acids is 1. The summed E-state index contributed by atoms with van der Waals surface area (Å²) in [5.41, 5.74) is -0.0126. The van der Waals surface area contributed by atoms with E-state index in [0.29, 0.717) is 4.41 Å². The summed E-state index contributed by atoms with van der Waals surface area (Å²) in [5.74, 6) is -3.72. The zero-order valence-corrected chi connectivity index (χ0v) is 21.4. The van der Waals surface area contributed by atoms with Crippen LogP contribution < -0.4 is 9.73 Å². The fourth-order valence-electron chi connectivity index (χ4n) is 2.84. The summed E-state index contributed by atoms with van der Waals surface area (Å²) in [6.45, 7) is 1.82. The Morgan fingerprint density at radius 1 is 1.21 bits per heavy atom. The molecular weight excluding hydrogens is 603 g/mol. The number of hydrogen-bond donors (Lipinski definition) is 1. The van der Waals surface area contributed by atoms with Gasteiger partial charge in [0.1, 0.15) is 0 Å². The molecule has 1 unspecified atom stereocenters. The molecule has 0 aliphatic heterocycles. The van der Waals surface area contributed by atoms with Crippen LogP contribution in [-0.2, 0) is 16.0 Å². The molecule has 0 saturated heterocycles. The Balaban J connectivity index is 2.06. The smallest absolute Gasteiger partial charge is 0.340 e. The molecule has 0 saturated carbocycles. The van der Waals surface area contributed by atoms with Crippen LogP contribution in [-0.4, -0.2) is 28.1 Å². The van der Waals surface area contributed by atoms with Gasteiger partial charge in [-0.25, -0.2) is 13.6 Å². The van der Waals surface area contributed by atoms with Gasteiger partial charge < -0.3 is 14.6 Å². The zero-order valence-electron chi connectivity index (χ0n) is 17.6. The summed E-state index contributed by atoms with van der Waals surface area (Å²) in [7, 11) is 1.08. The lowest BCUT2D eigenvalue weighted by molar-refractivity contribution is 0.0601. The first-order chi connectivity index (χ1) is 16.1. The fraction of sp³-hybridized carbons (Fsp3) is 0.0909. The van der Waals surface area contributed by atoms with Gasteiger partial charge in [-0.1, -0.05) is 29.3 Å². The molecule has 0 spiro atoms. The summed E-state index contributed by atoms with van der Waals surface area (Å²) >= 11 is 5.35. The summed E-state index contributed by atoms with van der Waals surface area (Å²) < 4.78 is 59.4. The van der Waals surface area contributed by atoms with Gasteiger partial charge >= 0.3 is 5.97 Å². The standard InChI is InChI=1S/C22H17ClF2IN3O4S/c1-12-3-6-15(7-4-12)29(34(31)32)27-11-13-9-16(22(30)33-2)21(20(25)19(13)24)28-18-8-5-14(26)10-17(18)23/h3-11,28H,1-2H3,(H,31,32)/p-1/b27-11+. The number of hydrogen-bond acceptors (Lipinski definition) is 6. The number of anilines is 3. The lowest BCUT2D eigenvalue weighted by atomic mass is 10.1. The predicted molar refractivity (Wildman–Crippen MR) is 135 cm³/mol. The van der Waals surface area contributed by atoms with E-state index in [0.717, 1.165) is 28.5 Å². The summed E-state index contributed by atoms with van der Waals surface area (Å²) in [5, 5.41) is 6.60. The normalized spacial score (nSPS) is 12.0. The van der Waals surface area contributed by atoms with E-state index in [9.17, 15) is 17.9 Å². The molecule has 34 heavy (non-hydrogen) atoms. The molecule has 0 amide bonds. The van der Waals surface area contributed by atoms with Gasteiger partial charge in [-0.2, -0.15) is 9.52 Å². The van der Waals surface area contributed by atoms with Crippen LogP contribution in [0.3, 0.4) is 0 Å². The maximum absolute atomic E-state index is 15.1. The molecule has 7 nitrogen and oxygen atoms in total. The number of aryl methyl sites for hydroxylation is 1. The summed E-state index contributed by atoms with van der Waals surface area (Å²) in [6, 6.07) is 12.1. The Morgan fingerprint density at radius 2 is 1.88 bits per heavy atom. The van der Waals surface area contributed by atoms with E-state index in [4.69, 9.17) is 16.3 Å². The molecule has 0 aliphatic rings. The molecule has 3 aromatic rings. The number of benzene rings is 3. The van der Waals surface area contributed by atoms with Gasteiger partial charge in [-0.15, -0.1) is 0 Å². The Hall–Kier alpha value is -2.61. The second-order valence-corrected chi connectivity index (χ2v) is 9.26. The monoisotopic (exact) mass is 618 g/mol. The number of nitrogens with one attached hydrogen (secondary N) is 1. The van der Waals surface area contributed by atoms with Crippen molar-refractivity contribution >= 4 is 74.7 Å². The fourth-order valence-corrected chi connectivity index (χ4v) is 4.16. The highest BCUT2D eigenvalue weighted by Crippen LogP contribution is 2.33. The van der Waals surface area contributed by atoms with Crippen molar-refractivity contribution in [3.05, 3.63) is 85.4 Å². The number of esters is 1. The van der Waals surface area contributed by atoms with E-state index in [-0.39, 0.29) is 22.0 Å². The van der Waals surface area contributed by atoms with Crippen molar-refractivity contribution in [1.29, 1.82) is 0 Å². The SMILES string of the molecule is COC(=O)c1cc(/C=N/N(c2ccc(C)cc2)S(=O)[O-])c(F)c(F)c1Nc1ccc(I)cc1Cl. The number of ether oxygens (including phenoxy) is 1. The van der Waals surface area contributed by atoms with Crippen molar-refractivity contribution in [2.24, 2.45) is 5.10 Å². The lowest BCUT2D eigenvalue weighted by Crippen LogP contribution is -2.19. The third kappa shape index (κ3) is 5.90. The molecular formula is C22H16ClF2IN3O4S-. The van der Waals surface area contributed by atoms with Crippen LogP contribution in [0, 0.1) is 22.1 Å². The molecule has 0 fully saturated rings. The van der Waals surface area contributed by atoms with E-state index >= 15 is 4.39 Å². The van der Waals surface area contributed by atoms with E-state index in [1.807, 2.05) is 29.5 Å². The van der Waals surface area contributed by atoms with Crippen molar-refractivity contribution in [1.82, 2.24) is 0 Å². The van der Waals surface area contributed by atoms with Crippen LogP contribution in [0.4, 0.5) is 25.8 Å². The Morgan fingerprint density at radius 3 is 2.47 bits per heavy atom. The molecule has 178 valence electrons. The van der Waals surface area contributed by atoms with Crippen molar-refractivity contribution in [2.75, 3.05) is 16.8 Å². The molecule has 3 aromatic carbocycles. The number of methoxy groups -OCH3 is 1. The molecule has 0 aromatic heterocycles. The van der Waals surface area contributed by atoms with Gasteiger partial charge in [0.05, 0.1) is 52.2 Å². The van der Waals surface area contributed by atoms with Crippen LogP contribution in [0.15, 0.2) is 53.6 Å². The molecule has 0 radical (unpaired) electrons. The van der Waals surface area contributed by atoms with Crippen LogP contribution in [0.1, 0.15) is 21.5 Å². The lowest BCUT2D eigenvalue weighted by Gasteiger charge is -2.21. The van der Waals surface area contributed by atoms with Crippen LogP contribution in [0.5, 0.6) is 0 Å². The Labute approximate surface area is 215 Å². The molecule has 0 heterocycles. The predicted octanol–water partition coefficient (Wildman–Crippen LogP) is 5.70. The maximum atomic E-state index is 15.1.